The highest BCUT2D eigenvalue weighted by Gasteiger charge is 2.39. The van der Waals surface area contributed by atoms with Gasteiger partial charge in [-0.2, -0.15) is 13.2 Å². The average Bonchev–Trinajstić information content (AvgIpc) is 3.10. The van der Waals surface area contributed by atoms with Crippen molar-refractivity contribution in [3.05, 3.63) is 83.8 Å². The van der Waals surface area contributed by atoms with Gasteiger partial charge < -0.3 is 5.32 Å². The number of hydrogen-bond donors (Lipinski definition) is 1. The van der Waals surface area contributed by atoms with Crippen molar-refractivity contribution in [1.82, 2.24) is 14.5 Å². The molecule has 0 unspecified atom stereocenters. The molecular weight excluding hydrogens is 407 g/mol. The quantitative estimate of drug-likeness (QED) is 0.478. The van der Waals surface area contributed by atoms with Crippen LogP contribution >= 0.6 is 0 Å². The molecule has 2 heterocycles. The first kappa shape index (κ1) is 19.5. The van der Waals surface area contributed by atoms with E-state index in [1.165, 1.54) is 42.6 Å². The Labute approximate surface area is 165 Å². The monoisotopic (exact) mass is 418 g/mol. The van der Waals surface area contributed by atoms with E-state index in [4.69, 9.17) is 0 Å². The summed E-state index contributed by atoms with van der Waals surface area (Å²) in [4.78, 5) is 20.1. The number of rotatable bonds is 3. The molecule has 0 atom stereocenters. The summed E-state index contributed by atoms with van der Waals surface area (Å²) in [6.45, 7) is 0. The van der Waals surface area contributed by atoms with Gasteiger partial charge in [0.25, 0.3) is 5.91 Å². The van der Waals surface area contributed by atoms with E-state index in [2.05, 4.69) is 15.3 Å². The maximum Gasteiger partial charge on any atom is 0.450 e. The number of nitrogens with zero attached hydrogens (tertiary/aromatic N) is 3. The number of carbonyl (C=O) groups excluding carboxylic acids is 1. The highest BCUT2D eigenvalue weighted by molar-refractivity contribution is 6.05. The molecule has 2 aromatic carbocycles. The number of hydrogen-bond acceptors (Lipinski definition) is 3. The number of benzene rings is 2. The summed E-state index contributed by atoms with van der Waals surface area (Å²) in [5, 5.41) is 2.30. The van der Waals surface area contributed by atoms with Crippen LogP contribution in [0.4, 0.5) is 27.6 Å². The van der Waals surface area contributed by atoms with Gasteiger partial charge in [0.1, 0.15) is 0 Å². The molecule has 0 saturated carbocycles. The molecule has 0 saturated heterocycles. The SMILES string of the molecule is O=C(Nc1cccnc1-n1c(C(F)(F)F)nc2ccccc21)c1cccc(F)c1F. The lowest BCUT2D eigenvalue weighted by atomic mass is 10.2. The van der Waals surface area contributed by atoms with Gasteiger partial charge in [-0.3, -0.25) is 9.36 Å². The molecule has 0 aliphatic rings. The lowest BCUT2D eigenvalue weighted by Gasteiger charge is -2.15. The Morgan fingerprint density at radius 1 is 0.967 bits per heavy atom. The van der Waals surface area contributed by atoms with Crippen LogP contribution in [0.1, 0.15) is 16.2 Å². The smallest absolute Gasteiger partial charge is 0.319 e. The largest absolute Gasteiger partial charge is 0.450 e. The zero-order valence-corrected chi connectivity index (χ0v) is 14.9. The third-order valence-electron chi connectivity index (χ3n) is 4.26. The summed E-state index contributed by atoms with van der Waals surface area (Å²) in [6, 6.07) is 11.6. The van der Waals surface area contributed by atoms with E-state index in [0.29, 0.717) is 0 Å². The van der Waals surface area contributed by atoms with Crippen LogP contribution < -0.4 is 5.32 Å². The number of halogens is 5. The van der Waals surface area contributed by atoms with Crippen molar-refractivity contribution in [2.24, 2.45) is 0 Å². The van der Waals surface area contributed by atoms with Crippen LogP contribution in [0.15, 0.2) is 60.8 Å². The normalized spacial score (nSPS) is 11.6. The second kappa shape index (κ2) is 7.21. The lowest BCUT2D eigenvalue weighted by molar-refractivity contribution is -0.145. The van der Waals surface area contributed by atoms with Gasteiger partial charge in [-0.15, -0.1) is 0 Å². The van der Waals surface area contributed by atoms with Crippen molar-refractivity contribution in [2.45, 2.75) is 6.18 Å². The van der Waals surface area contributed by atoms with Crippen LogP contribution in [0.2, 0.25) is 0 Å². The van der Waals surface area contributed by atoms with E-state index in [-0.39, 0.29) is 22.5 Å². The predicted molar refractivity (Wildman–Crippen MR) is 98.2 cm³/mol. The fraction of sp³-hybridized carbons (Fsp3) is 0.0500. The topological polar surface area (TPSA) is 59.8 Å². The molecule has 5 nitrogen and oxygen atoms in total. The molecule has 10 heteroatoms. The van der Waals surface area contributed by atoms with E-state index in [1.807, 2.05) is 0 Å². The summed E-state index contributed by atoms with van der Waals surface area (Å²) in [7, 11) is 0. The number of nitrogens with one attached hydrogen (secondary N) is 1. The van der Waals surface area contributed by atoms with Gasteiger partial charge in [-0.25, -0.2) is 18.7 Å². The third kappa shape index (κ3) is 3.36. The van der Waals surface area contributed by atoms with Gasteiger partial charge in [-0.05, 0) is 36.4 Å². The number of alkyl halides is 3. The molecule has 0 fully saturated rings. The highest BCUT2D eigenvalue weighted by atomic mass is 19.4. The van der Waals surface area contributed by atoms with Gasteiger partial charge in [-0.1, -0.05) is 18.2 Å². The zero-order valence-electron chi connectivity index (χ0n) is 14.9. The minimum Gasteiger partial charge on any atom is -0.319 e. The molecular formula is C20H11F5N4O. The van der Waals surface area contributed by atoms with E-state index in [0.717, 1.165) is 22.8 Å². The first-order valence-corrected chi connectivity index (χ1v) is 8.53. The van der Waals surface area contributed by atoms with E-state index >= 15 is 0 Å². The fourth-order valence-corrected chi connectivity index (χ4v) is 2.97. The van der Waals surface area contributed by atoms with Gasteiger partial charge >= 0.3 is 6.18 Å². The molecule has 0 bridgehead atoms. The molecule has 4 rings (SSSR count). The first-order chi connectivity index (χ1) is 14.3. The Hall–Kier alpha value is -3.82. The van der Waals surface area contributed by atoms with Crippen molar-refractivity contribution < 1.29 is 26.7 Å². The summed E-state index contributed by atoms with van der Waals surface area (Å²) in [5.41, 5.74) is -0.559. The Kier molecular flexibility index (Phi) is 4.69. The molecule has 0 spiro atoms. The Morgan fingerprint density at radius 2 is 1.73 bits per heavy atom. The van der Waals surface area contributed by atoms with E-state index in [1.54, 1.807) is 0 Å². The van der Waals surface area contributed by atoms with Crippen LogP contribution in [0.3, 0.4) is 0 Å². The number of imidazole rings is 1. The Bertz CT molecular complexity index is 1270. The summed E-state index contributed by atoms with van der Waals surface area (Å²) in [6.07, 6.45) is -3.57. The van der Waals surface area contributed by atoms with Crippen molar-refractivity contribution in [3.63, 3.8) is 0 Å². The van der Waals surface area contributed by atoms with Crippen LogP contribution in [-0.4, -0.2) is 20.4 Å². The van der Waals surface area contributed by atoms with Crippen molar-refractivity contribution >= 4 is 22.6 Å². The second-order valence-corrected chi connectivity index (χ2v) is 6.19. The van der Waals surface area contributed by atoms with Crippen molar-refractivity contribution in [1.29, 1.82) is 0 Å². The van der Waals surface area contributed by atoms with Gasteiger partial charge in [0.2, 0.25) is 5.82 Å². The minimum atomic E-state index is -4.81. The maximum atomic E-state index is 13.9. The second-order valence-electron chi connectivity index (χ2n) is 6.19. The lowest BCUT2D eigenvalue weighted by Crippen LogP contribution is -2.19. The Balaban J connectivity index is 1.86. The van der Waals surface area contributed by atoms with Gasteiger partial charge in [0.05, 0.1) is 22.3 Å². The minimum absolute atomic E-state index is 0.0731. The molecule has 152 valence electrons. The fourth-order valence-electron chi connectivity index (χ4n) is 2.97. The molecule has 0 radical (unpaired) electrons. The number of para-hydroxylation sites is 2. The highest BCUT2D eigenvalue weighted by Crippen LogP contribution is 2.35. The molecule has 1 N–H and O–H groups in total. The summed E-state index contributed by atoms with van der Waals surface area (Å²) >= 11 is 0. The number of aromatic nitrogens is 3. The number of amides is 1. The number of anilines is 1. The van der Waals surface area contributed by atoms with Crippen molar-refractivity contribution in [2.75, 3.05) is 5.32 Å². The van der Waals surface area contributed by atoms with E-state index in [9.17, 15) is 26.7 Å². The number of carbonyl (C=O) groups is 1. The van der Waals surface area contributed by atoms with Gasteiger partial charge in [0, 0.05) is 6.20 Å². The number of fused-ring (bicyclic) bond motifs is 1. The average molecular weight is 418 g/mol. The van der Waals surface area contributed by atoms with Crippen molar-refractivity contribution in [3.8, 4) is 5.82 Å². The third-order valence-corrected chi connectivity index (χ3v) is 4.26. The molecule has 0 aliphatic heterocycles. The molecule has 4 aromatic rings. The summed E-state index contributed by atoms with van der Waals surface area (Å²) < 4.78 is 69.1. The van der Waals surface area contributed by atoms with Crippen LogP contribution in [0.25, 0.3) is 16.9 Å². The molecule has 1 amide bonds. The summed E-state index contributed by atoms with van der Waals surface area (Å²) in [5.74, 6) is -5.16. The Morgan fingerprint density at radius 3 is 2.50 bits per heavy atom. The molecule has 2 aromatic heterocycles. The van der Waals surface area contributed by atoms with Gasteiger partial charge in [0.15, 0.2) is 17.5 Å². The molecule has 0 aliphatic carbocycles. The standard InChI is InChI=1S/C20H11F5N4O/c21-12-6-3-5-11(16(12)22)18(30)27-14-8-4-10-26-17(14)29-15-9-2-1-7-13(15)28-19(29)20(23,24)25/h1-10H,(H,27,30). The van der Waals surface area contributed by atoms with Crippen LogP contribution in [0, 0.1) is 11.6 Å². The predicted octanol–water partition coefficient (Wildman–Crippen LogP) is 4.97. The first-order valence-electron chi connectivity index (χ1n) is 8.53. The maximum absolute atomic E-state index is 13.9. The number of pyridine rings is 1. The molecule has 30 heavy (non-hydrogen) atoms. The zero-order chi connectivity index (χ0) is 21.5. The van der Waals surface area contributed by atoms with Crippen LogP contribution in [0.5, 0.6) is 0 Å². The van der Waals surface area contributed by atoms with E-state index < -0.39 is 35.1 Å². The van der Waals surface area contributed by atoms with Crippen LogP contribution in [-0.2, 0) is 6.18 Å².